The zero-order valence-electron chi connectivity index (χ0n) is 29.3. The van der Waals surface area contributed by atoms with Gasteiger partial charge in [-0.2, -0.15) is 4.98 Å². The van der Waals surface area contributed by atoms with Crippen LogP contribution < -0.4 is 15.5 Å². The van der Waals surface area contributed by atoms with E-state index in [0.29, 0.717) is 48.2 Å². The van der Waals surface area contributed by atoms with Crippen molar-refractivity contribution in [2.24, 2.45) is 0 Å². The first kappa shape index (κ1) is 33.7. The molecule has 1 atom stereocenters. The van der Waals surface area contributed by atoms with E-state index in [1.165, 1.54) is 4.90 Å². The number of nitrogens with one attached hydrogen (secondary N) is 2. The predicted molar refractivity (Wildman–Crippen MR) is 191 cm³/mol. The Labute approximate surface area is 300 Å². The van der Waals surface area contributed by atoms with Gasteiger partial charge in [0.25, 0.3) is 11.8 Å². The van der Waals surface area contributed by atoms with E-state index in [9.17, 15) is 19.2 Å². The first-order chi connectivity index (χ1) is 25.1. The molecular weight excluding hydrogens is 667 g/mol. The third-order valence-electron chi connectivity index (χ3n) is 10.7. The highest BCUT2D eigenvalue weighted by Crippen LogP contribution is 2.35. The van der Waals surface area contributed by atoms with Crippen LogP contribution in [0.3, 0.4) is 0 Å². The summed E-state index contributed by atoms with van der Waals surface area (Å²) >= 11 is 0. The third kappa shape index (κ3) is 6.22. The standard InChI is InChI=1S/C37H41FN10O4/c1-44(2)36(52)29-17-23-18-40-37(43-33(23)48(29)24-5-3-4-6-24)41-30-11-8-25(19-39-30)46-15-13-45(14-16-46)20-22-7-9-26-27(32(22)38)21-47(35(26)51)28-10-12-31(49)42-34(28)50/h7-9,11,17-19,24,28H,3-6,10,12-16,20-21H2,1-2H3,(H,42,49,50)(H,39,40,41,43). The van der Waals surface area contributed by atoms with E-state index in [0.717, 1.165) is 55.5 Å². The molecule has 4 aromatic rings. The number of piperidine rings is 1. The van der Waals surface area contributed by atoms with Crippen molar-refractivity contribution in [2.45, 2.75) is 63.7 Å². The number of carbonyl (C=O) groups is 4. The van der Waals surface area contributed by atoms with Crippen LogP contribution >= 0.6 is 0 Å². The largest absolute Gasteiger partial charge is 0.368 e. The van der Waals surface area contributed by atoms with Gasteiger partial charge in [0, 0.05) is 87.6 Å². The van der Waals surface area contributed by atoms with E-state index in [1.807, 2.05) is 24.4 Å². The fourth-order valence-electron chi connectivity index (χ4n) is 7.94. The van der Waals surface area contributed by atoms with Crippen LogP contribution in [0.25, 0.3) is 11.0 Å². The van der Waals surface area contributed by atoms with Crippen molar-refractivity contribution in [3.05, 3.63) is 70.9 Å². The highest BCUT2D eigenvalue weighted by molar-refractivity contribution is 6.05. The van der Waals surface area contributed by atoms with Gasteiger partial charge in [-0.1, -0.05) is 18.9 Å². The predicted octanol–water partition coefficient (Wildman–Crippen LogP) is 3.61. The van der Waals surface area contributed by atoms with Gasteiger partial charge in [0.15, 0.2) is 0 Å². The average Bonchev–Trinajstić information content (AvgIpc) is 3.88. The second-order valence-electron chi connectivity index (χ2n) is 14.3. The molecule has 0 bridgehead atoms. The lowest BCUT2D eigenvalue weighted by molar-refractivity contribution is -0.136. The van der Waals surface area contributed by atoms with Crippen LogP contribution in [-0.4, -0.2) is 104 Å². The lowest BCUT2D eigenvalue weighted by Gasteiger charge is -2.36. The number of piperazine rings is 1. The number of carbonyl (C=O) groups excluding carboxylic acids is 4. The summed E-state index contributed by atoms with van der Waals surface area (Å²) < 4.78 is 17.8. The molecular formula is C37H41FN10O4. The zero-order chi connectivity index (χ0) is 36.1. The summed E-state index contributed by atoms with van der Waals surface area (Å²) in [4.78, 5) is 71.4. The minimum Gasteiger partial charge on any atom is -0.368 e. The number of pyridine rings is 1. The van der Waals surface area contributed by atoms with E-state index in [1.54, 1.807) is 37.3 Å². The Morgan fingerprint density at radius 1 is 1.00 bits per heavy atom. The number of anilines is 3. The summed E-state index contributed by atoms with van der Waals surface area (Å²) in [6.45, 7) is 3.30. The molecule has 15 heteroatoms. The summed E-state index contributed by atoms with van der Waals surface area (Å²) in [6.07, 6.45) is 8.25. The molecule has 0 spiro atoms. The Morgan fingerprint density at radius 3 is 2.50 bits per heavy atom. The molecule has 52 heavy (non-hydrogen) atoms. The summed E-state index contributed by atoms with van der Waals surface area (Å²) in [5, 5.41) is 6.34. The molecule has 14 nitrogen and oxygen atoms in total. The monoisotopic (exact) mass is 708 g/mol. The second kappa shape index (κ2) is 13.6. The average molecular weight is 709 g/mol. The van der Waals surface area contributed by atoms with Gasteiger partial charge in [0.2, 0.25) is 17.8 Å². The highest BCUT2D eigenvalue weighted by atomic mass is 19.1. The number of nitrogens with zero attached hydrogens (tertiary/aromatic N) is 8. The Morgan fingerprint density at radius 2 is 1.79 bits per heavy atom. The molecule has 270 valence electrons. The van der Waals surface area contributed by atoms with Gasteiger partial charge in [-0.05, 0) is 43.5 Å². The smallest absolute Gasteiger partial charge is 0.270 e. The van der Waals surface area contributed by atoms with E-state index in [2.05, 4.69) is 35.0 Å². The normalized spacial score (nSPS) is 19.8. The van der Waals surface area contributed by atoms with E-state index in [4.69, 9.17) is 4.98 Å². The molecule has 3 aliphatic heterocycles. The Hall–Kier alpha value is -5.44. The number of imide groups is 1. The third-order valence-corrected chi connectivity index (χ3v) is 10.7. The van der Waals surface area contributed by atoms with Crippen molar-refractivity contribution < 1.29 is 23.6 Å². The SMILES string of the molecule is CN(C)C(=O)c1cc2cnc(Nc3ccc(N4CCN(Cc5ccc6c(c5F)CN(C5CCC(=O)NC5=O)C6=O)CC4)cn3)nc2n1C1CCCC1. The van der Waals surface area contributed by atoms with Crippen molar-refractivity contribution in [1.29, 1.82) is 0 Å². The maximum atomic E-state index is 15.8. The lowest BCUT2D eigenvalue weighted by atomic mass is 10.0. The first-order valence-corrected chi connectivity index (χ1v) is 17.9. The number of rotatable bonds is 8. The number of amides is 4. The Bertz CT molecular complexity index is 2070. The number of benzene rings is 1. The maximum Gasteiger partial charge on any atom is 0.270 e. The van der Waals surface area contributed by atoms with Crippen LogP contribution in [0.1, 0.15) is 76.5 Å². The quantitative estimate of drug-likeness (QED) is 0.260. The van der Waals surface area contributed by atoms with Crippen molar-refractivity contribution in [2.75, 3.05) is 50.5 Å². The fraction of sp³-hybridized carbons (Fsp3) is 0.432. The van der Waals surface area contributed by atoms with E-state index >= 15 is 4.39 Å². The number of aromatic nitrogens is 4. The van der Waals surface area contributed by atoms with Crippen LogP contribution in [0.5, 0.6) is 0 Å². The Kier molecular flexibility index (Phi) is 8.81. The number of hydrogen-bond donors (Lipinski definition) is 2. The number of halogens is 1. The fourth-order valence-corrected chi connectivity index (χ4v) is 7.94. The van der Waals surface area contributed by atoms with E-state index < -0.39 is 17.8 Å². The maximum absolute atomic E-state index is 15.8. The van der Waals surface area contributed by atoms with Crippen molar-refractivity contribution in [3.63, 3.8) is 0 Å². The van der Waals surface area contributed by atoms with Crippen LogP contribution in [0.2, 0.25) is 0 Å². The molecule has 4 amide bonds. The topological polar surface area (TPSA) is 149 Å². The van der Waals surface area contributed by atoms with Gasteiger partial charge in [-0.25, -0.2) is 14.4 Å². The Balaban J connectivity index is 0.893. The number of fused-ring (bicyclic) bond motifs is 2. The van der Waals surface area contributed by atoms with Gasteiger partial charge in [0.1, 0.15) is 29.0 Å². The van der Waals surface area contributed by atoms with Crippen molar-refractivity contribution >= 4 is 52.1 Å². The molecule has 6 heterocycles. The molecule has 1 unspecified atom stereocenters. The summed E-state index contributed by atoms with van der Waals surface area (Å²) in [5.41, 5.74) is 3.44. The molecule has 2 N–H and O–H groups in total. The molecule has 3 aromatic heterocycles. The summed E-state index contributed by atoms with van der Waals surface area (Å²) in [5.74, 6) is -0.694. The molecule has 1 aromatic carbocycles. The molecule has 3 fully saturated rings. The lowest BCUT2D eigenvalue weighted by Crippen LogP contribution is -2.52. The second-order valence-corrected chi connectivity index (χ2v) is 14.3. The molecule has 2 saturated heterocycles. The van der Waals surface area contributed by atoms with Crippen LogP contribution in [0, 0.1) is 5.82 Å². The van der Waals surface area contributed by atoms with Crippen LogP contribution in [0.4, 0.5) is 21.8 Å². The van der Waals surface area contributed by atoms with Crippen LogP contribution in [-0.2, 0) is 22.7 Å². The van der Waals surface area contributed by atoms with Crippen LogP contribution in [0.15, 0.2) is 42.7 Å². The molecule has 1 saturated carbocycles. The molecule has 4 aliphatic rings. The van der Waals surface area contributed by atoms with Gasteiger partial charge < -0.3 is 24.6 Å². The minimum atomic E-state index is -0.778. The highest BCUT2D eigenvalue weighted by Gasteiger charge is 2.40. The minimum absolute atomic E-state index is 0.0131. The summed E-state index contributed by atoms with van der Waals surface area (Å²) in [6, 6.07) is 8.55. The molecule has 0 radical (unpaired) electrons. The zero-order valence-corrected chi connectivity index (χ0v) is 29.3. The van der Waals surface area contributed by atoms with Gasteiger partial charge in [-0.3, -0.25) is 29.4 Å². The van der Waals surface area contributed by atoms with Crippen molar-refractivity contribution in [3.8, 4) is 0 Å². The molecule has 1 aliphatic carbocycles. The number of hydrogen-bond acceptors (Lipinski definition) is 10. The van der Waals surface area contributed by atoms with Gasteiger partial charge in [-0.15, -0.1) is 0 Å². The van der Waals surface area contributed by atoms with Gasteiger partial charge in [0.05, 0.1) is 18.4 Å². The molecule has 8 rings (SSSR count). The van der Waals surface area contributed by atoms with E-state index in [-0.39, 0.29) is 48.7 Å². The van der Waals surface area contributed by atoms with Crippen molar-refractivity contribution in [1.82, 2.24) is 39.5 Å². The van der Waals surface area contributed by atoms with Gasteiger partial charge >= 0.3 is 0 Å². The summed E-state index contributed by atoms with van der Waals surface area (Å²) in [7, 11) is 3.52. The first-order valence-electron chi connectivity index (χ1n) is 17.9.